The maximum Gasteiger partial charge on any atom is 0.147 e. The van der Waals surface area contributed by atoms with Crippen molar-refractivity contribution in [1.29, 1.82) is 0 Å². The van der Waals surface area contributed by atoms with Gasteiger partial charge in [-0.1, -0.05) is 109 Å². The molecule has 44 heavy (non-hydrogen) atoms. The summed E-state index contributed by atoms with van der Waals surface area (Å²) in [4.78, 5) is 10.3. The van der Waals surface area contributed by atoms with Crippen molar-refractivity contribution in [3.8, 4) is 22.4 Å². The Morgan fingerprint density at radius 1 is 0.386 bits per heavy atom. The summed E-state index contributed by atoms with van der Waals surface area (Å²) >= 11 is 0. The molecule has 4 nitrogen and oxygen atoms in total. The second kappa shape index (κ2) is 8.76. The minimum Gasteiger partial charge on any atom is -0.456 e. The van der Waals surface area contributed by atoms with E-state index in [1.807, 2.05) is 30.5 Å². The van der Waals surface area contributed by atoms with Gasteiger partial charge in [-0.2, -0.15) is 0 Å². The van der Waals surface area contributed by atoms with Crippen molar-refractivity contribution in [2.24, 2.45) is 0 Å². The van der Waals surface area contributed by atoms with E-state index in [2.05, 4.69) is 103 Å². The van der Waals surface area contributed by atoms with Crippen molar-refractivity contribution < 1.29 is 8.83 Å². The Morgan fingerprint density at radius 2 is 1.00 bits per heavy atom. The molecule has 0 spiro atoms. The van der Waals surface area contributed by atoms with Gasteiger partial charge in [-0.25, -0.2) is 4.98 Å². The van der Waals surface area contributed by atoms with Crippen molar-refractivity contribution >= 4 is 76.5 Å². The van der Waals surface area contributed by atoms with Crippen molar-refractivity contribution in [1.82, 2.24) is 9.97 Å². The monoisotopic (exact) mass is 562 g/mol. The van der Waals surface area contributed by atoms with E-state index in [-0.39, 0.29) is 0 Å². The lowest BCUT2D eigenvalue weighted by molar-refractivity contribution is 0.663. The molecular weight excluding hydrogens is 540 g/mol. The van der Waals surface area contributed by atoms with Crippen molar-refractivity contribution in [3.05, 3.63) is 134 Å². The molecule has 0 amide bonds. The van der Waals surface area contributed by atoms with Crippen LogP contribution in [0.4, 0.5) is 0 Å². The fraction of sp³-hybridized carbons (Fsp3) is 0. The third-order valence-corrected chi connectivity index (χ3v) is 8.93. The first-order valence-corrected chi connectivity index (χ1v) is 14.7. The van der Waals surface area contributed by atoms with Gasteiger partial charge in [0.05, 0.1) is 28.3 Å². The number of hydrogen-bond donors (Lipinski definition) is 0. The number of nitrogens with zero attached hydrogens (tertiary/aromatic N) is 2. The van der Waals surface area contributed by atoms with Crippen LogP contribution in [0.25, 0.3) is 98.8 Å². The highest BCUT2D eigenvalue weighted by Crippen LogP contribution is 2.43. The number of hydrogen-bond acceptors (Lipinski definition) is 4. The standard InChI is InChI=1S/C40H22N2O2/c1-4-13-26(33-22-41-37-27-14-5-2-10-23(27)24-11-3-6-15-28(24)38(37)42-33)25(12-1)29-17-9-18-30-31-20-21-35-36(40(31)44-39(29)30)32-16-7-8-19-34(32)43-35/h1-22H. The molecule has 0 bridgehead atoms. The summed E-state index contributed by atoms with van der Waals surface area (Å²) in [6, 6.07) is 44.0. The van der Waals surface area contributed by atoms with Crippen LogP contribution in [0.15, 0.2) is 142 Å². The Morgan fingerprint density at radius 3 is 1.82 bits per heavy atom. The quantitative estimate of drug-likeness (QED) is 0.197. The molecule has 10 rings (SSSR count). The lowest BCUT2D eigenvalue weighted by Crippen LogP contribution is -1.94. The molecule has 3 heterocycles. The predicted octanol–water partition coefficient (Wildman–Crippen LogP) is 11.1. The zero-order chi connectivity index (χ0) is 28.8. The molecule has 0 aliphatic carbocycles. The number of rotatable bonds is 2. The van der Waals surface area contributed by atoms with Gasteiger partial charge in [0.1, 0.15) is 22.3 Å². The second-order valence-electron chi connectivity index (χ2n) is 11.3. The number of para-hydroxylation sites is 2. The van der Waals surface area contributed by atoms with Crippen molar-refractivity contribution in [3.63, 3.8) is 0 Å². The number of fused-ring (bicyclic) bond motifs is 13. The van der Waals surface area contributed by atoms with Crippen LogP contribution >= 0.6 is 0 Å². The third kappa shape index (κ3) is 3.17. The number of benzene rings is 7. The van der Waals surface area contributed by atoms with Gasteiger partial charge >= 0.3 is 0 Å². The molecule has 3 aromatic heterocycles. The van der Waals surface area contributed by atoms with Gasteiger partial charge in [0.15, 0.2) is 0 Å². The molecular formula is C40H22N2O2. The first kappa shape index (κ1) is 23.6. The summed E-state index contributed by atoms with van der Waals surface area (Å²) in [5.74, 6) is 0. The SMILES string of the molecule is c1ccc(-c2cccc3c2oc2c3ccc3oc4ccccc4c32)c(-c2cnc3c4ccccc4c4ccccc4c3n2)c1. The van der Waals surface area contributed by atoms with E-state index in [4.69, 9.17) is 18.8 Å². The summed E-state index contributed by atoms with van der Waals surface area (Å²) in [6.45, 7) is 0. The second-order valence-corrected chi connectivity index (χ2v) is 11.3. The fourth-order valence-electron chi connectivity index (χ4n) is 6.97. The highest BCUT2D eigenvalue weighted by Gasteiger charge is 2.20. The normalized spacial score (nSPS) is 12.1. The third-order valence-electron chi connectivity index (χ3n) is 8.93. The van der Waals surface area contributed by atoms with Crippen molar-refractivity contribution in [2.75, 3.05) is 0 Å². The summed E-state index contributed by atoms with van der Waals surface area (Å²) < 4.78 is 13.0. The molecule has 10 aromatic rings. The van der Waals surface area contributed by atoms with E-state index < -0.39 is 0 Å². The molecule has 204 valence electrons. The first-order valence-electron chi connectivity index (χ1n) is 14.7. The highest BCUT2D eigenvalue weighted by atomic mass is 16.3. The molecule has 0 fully saturated rings. The van der Waals surface area contributed by atoms with Crippen LogP contribution in [0, 0.1) is 0 Å². The smallest absolute Gasteiger partial charge is 0.147 e. The summed E-state index contributed by atoms with van der Waals surface area (Å²) in [5, 5.41) is 8.79. The van der Waals surface area contributed by atoms with Crippen LogP contribution in [0.3, 0.4) is 0 Å². The Hall–Kier alpha value is -6.00. The fourth-order valence-corrected chi connectivity index (χ4v) is 6.97. The van der Waals surface area contributed by atoms with Crippen LogP contribution in [0.2, 0.25) is 0 Å². The molecule has 0 aliphatic heterocycles. The van der Waals surface area contributed by atoms with Gasteiger partial charge in [0.25, 0.3) is 0 Å². The minimum absolute atomic E-state index is 0.824. The van der Waals surface area contributed by atoms with Crippen LogP contribution in [0.1, 0.15) is 0 Å². The maximum absolute atomic E-state index is 6.79. The van der Waals surface area contributed by atoms with Crippen LogP contribution in [-0.2, 0) is 0 Å². The summed E-state index contributed by atoms with van der Waals surface area (Å²) in [6.07, 6.45) is 1.91. The molecule has 0 aliphatic rings. The zero-order valence-corrected chi connectivity index (χ0v) is 23.4. The average Bonchev–Trinajstić information content (AvgIpc) is 3.67. The molecule has 4 heteroatoms. The van der Waals surface area contributed by atoms with Gasteiger partial charge < -0.3 is 8.83 Å². The minimum atomic E-state index is 0.824. The lowest BCUT2D eigenvalue weighted by atomic mass is 9.95. The number of furan rings is 2. The van der Waals surface area contributed by atoms with Gasteiger partial charge in [0.2, 0.25) is 0 Å². The largest absolute Gasteiger partial charge is 0.456 e. The van der Waals surface area contributed by atoms with Gasteiger partial charge in [0, 0.05) is 38.1 Å². The highest BCUT2D eigenvalue weighted by molar-refractivity contribution is 6.24. The molecule has 0 saturated carbocycles. The van der Waals surface area contributed by atoms with Gasteiger partial charge in [-0.05, 0) is 34.5 Å². The van der Waals surface area contributed by atoms with E-state index >= 15 is 0 Å². The average molecular weight is 563 g/mol. The van der Waals surface area contributed by atoms with Crippen LogP contribution < -0.4 is 0 Å². The molecule has 0 unspecified atom stereocenters. The van der Waals surface area contributed by atoms with Crippen LogP contribution in [-0.4, -0.2) is 9.97 Å². The van der Waals surface area contributed by atoms with Gasteiger partial charge in [-0.15, -0.1) is 0 Å². The summed E-state index contributed by atoms with van der Waals surface area (Å²) in [5.41, 5.74) is 9.08. The maximum atomic E-state index is 6.79. The lowest BCUT2D eigenvalue weighted by Gasteiger charge is -2.13. The van der Waals surface area contributed by atoms with E-state index in [9.17, 15) is 0 Å². The van der Waals surface area contributed by atoms with Crippen LogP contribution in [0.5, 0.6) is 0 Å². The molecule has 0 N–H and O–H groups in total. The topological polar surface area (TPSA) is 52.1 Å². The summed E-state index contributed by atoms with van der Waals surface area (Å²) in [7, 11) is 0. The molecule has 0 radical (unpaired) electrons. The molecule has 7 aromatic carbocycles. The van der Waals surface area contributed by atoms with E-state index in [0.717, 1.165) is 88.1 Å². The Bertz CT molecular complexity index is 2750. The molecule has 0 saturated heterocycles. The Kier molecular flexibility index (Phi) is 4.69. The Balaban J connectivity index is 1.24. The number of aromatic nitrogens is 2. The van der Waals surface area contributed by atoms with Gasteiger partial charge in [-0.3, -0.25) is 4.98 Å². The Labute approximate surface area is 250 Å². The first-order chi connectivity index (χ1) is 21.8. The van der Waals surface area contributed by atoms with E-state index in [0.29, 0.717) is 0 Å². The van der Waals surface area contributed by atoms with Crippen molar-refractivity contribution in [2.45, 2.75) is 0 Å². The molecule has 0 atom stereocenters. The van der Waals surface area contributed by atoms with E-state index in [1.165, 1.54) is 10.8 Å². The predicted molar refractivity (Wildman–Crippen MR) is 180 cm³/mol. The zero-order valence-electron chi connectivity index (χ0n) is 23.4. The van der Waals surface area contributed by atoms with E-state index in [1.54, 1.807) is 0 Å².